The molecule has 20 heavy (non-hydrogen) atoms. The van der Waals surface area contributed by atoms with Crippen molar-refractivity contribution >= 4 is 0 Å². The van der Waals surface area contributed by atoms with E-state index in [1.807, 2.05) is 18.5 Å². The average Bonchev–Trinajstić information content (AvgIpc) is 3.11. The molecule has 1 aliphatic rings. The van der Waals surface area contributed by atoms with Crippen molar-refractivity contribution in [3.63, 3.8) is 0 Å². The molecule has 0 saturated heterocycles. The van der Waals surface area contributed by atoms with Crippen LogP contribution in [0, 0.1) is 11.3 Å². The number of hydrogen-bond acceptors (Lipinski definition) is 3. The number of hydrogen-bond donors (Lipinski definition) is 2. The molecule has 2 aromatic heterocycles. The number of pyridine rings is 1. The minimum Gasteiger partial charge on any atom is -0.312 e. The highest BCUT2D eigenvalue weighted by atomic mass is 15.1. The lowest BCUT2D eigenvalue weighted by Crippen LogP contribution is -2.27. The van der Waals surface area contributed by atoms with Crippen LogP contribution in [-0.4, -0.2) is 21.7 Å². The monoisotopic (exact) mass is 270 g/mol. The second-order valence-corrected chi connectivity index (χ2v) is 6.13. The van der Waals surface area contributed by atoms with Gasteiger partial charge in [-0.05, 0) is 36.3 Å². The summed E-state index contributed by atoms with van der Waals surface area (Å²) in [6, 6.07) is 4.01. The third-order valence-electron chi connectivity index (χ3n) is 4.58. The summed E-state index contributed by atoms with van der Waals surface area (Å²) < 4.78 is 0. The molecule has 0 unspecified atom stereocenters. The van der Waals surface area contributed by atoms with Gasteiger partial charge in [-0.3, -0.25) is 10.1 Å². The SMILES string of the molecule is CC(C)C1(CNCc2cn[nH]c2-c2cccnc2)CC1. The van der Waals surface area contributed by atoms with Gasteiger partial charge in [-0.15, -0.1) is 0 Å². The van der Waals surface area contributed by atoms with E-state index in [1.165, 1.54) is 18.4 Å². The van der Waals surface area contributed by atoms with Gasteiger partial charge in [0.1, 0.15) is 0 Å². The maximum Gasteiger partial charge on any atom is 0.0710 e. The maximum absolute atomic E-state index is 4.17. The Morgan fingerprint density at radius 3 is 2.85 bits per heavy atom. The third-order valence-corrected chi connectivity index (χ3v) is 4.58. The third kappa shape index (κ3) is 2.61. The van der Waals surface area contributed by atoms with Crippen LogP contribution in [0.2, 0.25) is 0 Å². The van der Waals surface area contributed by atoms with Crippen molar-refractivity contribution in [3.05, 3.63) is 36.3 Å². The van der Waals surface area contributed by atoms with Gasteiger partial charge in [0.15, 0.2) is 0 Å². The Morgan fingerprint density at radius 1 is 1.35 bits per heavy atom. The first-order valence-electron chi connectivity index (χ1n) is 7.35. The van der Waals surface area contributed by atoms with Crippen LogP contribution in [0.15, 0.2) is 30.7 Å². The first-order valence-corrected chi connectivity index (χ1v) is 7.35. The molecule has 2 aromatic rings. The van der Waals surface area contributed by atoms with Gasteiger partial charge in [0.05, 0.1) is 11.9 Å². The lowest BCUT2D eigenvalue weighted by Gasteiger charge is -2.20. The number of nitrogens with one attached hydrogen (secondary N) is 2. The Hall–Kier alpha value is -1.68. The second kappa shape index (κ2) is 5.37. The standard InChI is InChI=1S/C16H22N4/c1-12(2)16(5-6-16)11-18-9-14-10-19-20-15(14)13-4-3-7-17-8-13/h3-4,7-8,10,12,18H,5-6,9,11H2,1-2H3,(H,19,20). The quantitative estimate of drug-likeness (QED) is 0.848. The van der Waals surface area contributed by atoms with Crippen molar-refractivity contribution in [1.82, 2.24) is 20.5 Å². The minimum absolute atomic E-state index is 0.540. The zero-order valence-electron chi connectivity index (χ0n) is 12.2. The number of H-pyrrole nitrogens is 1. The summed E-state index contributed by atoms with van der Waals surface area (Å²) in [6.45, 7) is 6.61. The molecule has 0 radical (unpaired) electrons. The predicted octanol–water partition coefficient (Wildman–Crippen LogP) is 3.00. The summed E-state index contributed by atoms with van der Waals surface area (Å²) in [5.74, 6) is 0.761. The molecule has 0 amide bonds. The molecule has 4 nitrogen and oxygen atoms in total. The molecule has 0 aromatic carbocycles. The Labute approximate surface area is 120 Å². The van der Waals surface area contributed by atoms with Crippen molar-refractivity contribution < 1.29 is 0 Å². The molecule has 4 heteroatoms. The molecule has 0 spiro atoms. The van der Waals surface area contributed by atoms with E-state index in [0.717, 1.165) is 30.3 Å². The fraction of sp³-hybridized carbons (Fsp3) is 0.500. The normalized spacial score (nSPS) is 16.6. The summed E-state index contributed by atoms with van der Waals surface area (Å²) in [5, 5.41) is 10.9. The van der Waals surface area contributed by atoms with Gasteiger partial charge in [0.2, 0.25) is 0 Å². The number of nitrogens with zero attached hydrogens (tertiary/aromatic N) is 2. The number of aromatic amines is 1. The van der Waals surface area contributed by atoms with Crippen molar-refractivity contribution in [1.29, 1.82) is 0 Å². The molecule has 106 valence electrons. The Balaban J connectivity index is 1.63. The zero-order valence-corrected chi connectivity index (χ0v) is 12.2. The second-order valence-electron chi connectivity index (χ2n) is 6.13. The van der Waals surface area contributed by atoms with Gasteiger partial charge in [0.25, 0.3) is 0 Å². The first kappa shape index (κ1) is 13.3. The fourth-order valence-corrected chi connectivity index (χ4v) is 2.77. The smallest absolute Gasteiger partial charge is 0.0710 e. The van der Waals surface area contributed by atoms with Crippen molar-refractivity contribution in [2.75, 3.05) is 6.54 Å². The molecule has 1 saturated carbocycles. The first-order chi connectivity index (χ1) is 9.71. The molecule has 2 heterocycles. The summed E-state index contributed by atoms with van der Waals surface area (Å²) in [6.07, 6.45) is 8.28. The van der Waals surface area contributed by atoms with Gasteiger partial charge in [0, 0.05) is 36.6 Å². The minimum atomic E-state index is 0.540. The van der Waals surface area contributed by atoms with E-state index in [0.29, 0.717) is 5.41 Å². The zero-order chi connectivity index (χ0) is 14.0. The van der Waals surface area contributed by atoms with E-state index in [-0.39, 0.29) is 0 Å². The van der Waals surface area contributed by atoms with Crippen LogP contribution in [0.25, 0.3) is 11.3 Å². The van der Waals surface area contributed by atoms with Crippen LogP contribution in [-0.2, 0) is 6.54 Å². The van der Waals surface area contributed by atoms with E-state index in [2.05, 4.69) is 40.4 Å². The highest BCUT2D eigenvalue weighted by Gasteiger charge is 2.44. The summed E-state index contributed by atoms with van der Waals surface area (Å²) in [4.78, 5) is 4.17. The molecular formula is C16H22N4. The highest BCUT2D eigenvalue weighted by Crippen LogP contribution is 2.51. The van der Waals surface area contributed by atoms with E-state index in [1.54, 1.807) is 6.20 Å². The van der Waals surface area contributed by atoms with Crippen molar-refractivity contribution in [2.45, 2.75) is 33.2 Å². The highest BCUT2D eigenvalue weighted by molar-refractivity contribution is 5.61. The maximum atomic E-state index is 4.17. The van der Waals surface area contributed by atoms with E-state index in [9.17, 15) is 0 Å². The summed E-state index contributed by atoms with van der Waals surface area (Å²) in [5.41, 5.74) is 3.91. The van der Waals surface area contributed by atoms with Gasteiger partial charge < -0.3 is 5.32 Å². The Morgan fingerprint density at radius 2 is 2.20 bits per heavy atom. The topological polar surface area (TPSA) is 53.6 Å². The number of aromatic nitrogens is 3. The number of rotatable bonds is 6. The predicted molar refractivity (Wildman–Crippen MR) is 80.0 cm³/mol. The largest absolute Gasteiger partial charge is 0.312 e. The van der Waals surface area contributed by atoms with Crippen LogP contribution in [0.5, 0.6) is 0 Å². The summed E-state index contributed by atoms with van der Waals surface area (Å²) >= 11 is 0. The van der Waals surface area contributed by atoms with Gasteiger partial charge >= 0.3 is 0 Å². The Kier molecular flexibility index (Phi) is 3.57. The van der Waals surface area contributed by atoms with Crippen LogP contribution in [0.3, 0.4) is 0 Å². The lowest BCUT2D eigenvalue weighted by molar-refractivity contribution is 0.338. The molecular weight excluding hydrogens is 248 g/mol. The fourth-order valence-electron chi connectivity index (χ4n) is 2.77. The molecule has 1 fully saturated rings. The lowest BCUT2D eigenvalue weighted by atomic mass is 9.92. The van der Waals surface area contributed by atoms with Gasteiger partial charge in [-0.2, -0.15) is 5.10 Å². The van der Waals surface area contributed by atoms with Crippen LogP contribution >= 0.6 is 0 Å². The van der Waals surface area contributed by atoms with E-state index >= 15 is 0 Å². The molecule has 0 atom stereocenters. The van der Waals surface area contributed by atoms with Gasteiger partial charge in [-0.1, -0.05) is 13.8 Å². The molecule has 2 N–H and O–H groups in total. The van der Waals surface area contributed by atoms with Crippen molar-refractivity contribution in [3.8, 4) is 11.3 Å². The van der Waals surface area contributed by atoms with Gasteiger partial charge in [-0.25, -0.2) is 0 Å². The van der Waals surface area contributed by atoms with Crippen molar-refractivity contribution in [2.24, 2.45) is 11.3 Å². The average molecular weight is 270 g/mol. The van der Waals surface area contributed by atoms with Crippen LogP contribution in [0.4, 0.5) is 0 Å². The molecule has 1 aliphatic carbocycles. The summed E-state index contributed by atoms with van der Waals surface area (Å²) in [7, 11) is 0. The molecule has 0 aliphatic heterocycles. The molecule has 0 bridgehead atoms. The molecule has 3 rings (SSSR count). The van der Waals surface area contributed by atoms with E-state index in [4.69, 9.17) is 0 Å². The Bertz CT molecular complexity index is 555. The van der Waals surface area contributed by atoms with Crippen LogP contribution < -0.4 is 5.32 Å². The van der Waals surface area contributed by atoms with E-state index < -0.39 is 0 Å². The van der Waals surface area contributed by atoms with Crippen LogP contribution in [0.1, 0.15) is 32.3 Å².